The molecule has 2 amide bonds. The number of aromatic hydroxyl groups is 2. The monoisotopic (exact) mass is 1060 g/mol. The van der Waals surface area contributed by atoms with Gasteiger partial charge in [-0.1, -0.05) is 83.1 Å². The van der Waals surface area contributed by atoms with Gasteiger partial charge in [0.2, 0.25) is 11.8 Å². The number of amides is 2. The molecule has 0 spiro atoms. The molecule has 0 radical (unpaired) electrons. The van der Waals surface area contributed by atoms with E-state index in [0.29, 0.717) is 29.9 Å². The van der Waals surface area contributed by atoms with Gasteiger partial charge in [0, 0.05) is 94.1 Å². The third-order valence-corrected chi connectivity index (χ3v) is 17.4. The molecule has 16 heteroatoms. The highest BCUT2D eigenvalue weighted by atomic mass is 32.1. The summed E-state index contributed by atoms with van der Waals surface area (Å²) in [5, 5.41) is 24.1. The number of likely N-dealkylation sites (tertiary alicyclic amines) is 2. The Morgan fingerprint density at radius 1 is 0.513 bits per heavy atom. The minimum absolute atomic E-state index is 0.116. The van der Waals surface area contributed by atoms with Crippen LogP contribution in [0, 0.1) is 0 Å². The molecule has 76 heavy (non-hydrogen) atoms. The number of carbonyl (C=O) groups is 2. The van der Waals surface area contributed by atoms with Crippen molar-refractivity contribution in [1.29, 1.82) is 0 Å². The van der Waals surface area contributed by atoms with Crippen molar-refractivity contribution in [2.75, 3.05) is 26.2 Å². The van der Waals surface area contributed by atoms with Gasteiger partial charge < -0.3 is 29.1 Å². The number of phenolic OH excluding ortho intramolecular Hbond substituents is 2. The third kappa shape index (κ3) is 11.7. The lowest BCUT2D eigenvalue weighted by atomic mass is 9.78. The van der Waals surface area contributed by atoms with Crippen molar-refractivity contribution in [1.82, 2.24) is 48.8 Å². The van der Waals surface area contributed by atoms with E-state index in [9.17, 15) is 19.8 Å². The van der Waals surface area contributed by atoms with Crippen molar-refractivity contribution in [3.05, 3.63) is 118 Å². The Labute approximate surface area is 455 Å². The summed E-state index contributed by atoms with van der Waals surface area (Å²) < 4.78 is 3.78. The molecule has 0 bridgehead atoms. The zero-order valence-electron chi connectivity index (χ0n) is 46.3. The number of thiazole rings is 2. The molecule has 2 aliphatic rings. The summed E-state index contributed by atoms with van der Waals surface area (Å²) in [6.07, 6.45) is 18.1. The number of carbonyl (C=O) groups excluding carboxylic acids is 2. The summed E-state index contributed by atoms with van der Waals surface area (Å²) >= 11 is 3.47. The molecule has 8 heterocycles. The maximum absolute atomic E-state index is 13.0. The van der Waals surface area contributed by atoms with Crippen molar-refractivity contribution in [2.24, 2.45) is 0 Å². The number of pyridine rings is 2. The molecule has 6 aromatic heterocycles. The largest absolute Gasteiger partial charge is 0.507 e. The lowest BCUT2D eigenvalue weighted by Gasteiger charge is -2.31. The van der Waals surface area contributed by atoms with Gasteiger partial charge in [-0.25, -0.2) is 19.9 Å². The molecule has 8 aromatic rings. The van der Waals surface area contributed by atoms with Crippen LogP contribution in [0.3, 0.4) is 0 Å². The average Bonchev–Trinajstić information content (AvgIpc) is 4.22. The fourth-order valence-electron chi connectivity index (χ4n) is 10.4. The molecular formula is C60H74N10O4S2. The van der Waals surface area contributed by atoms with Gasteiger partial charge in [0.05, 0.1) is 41.6 Å². The highest BCUT2D eigenvalue weighted by Crippen LogP contribution is 2.46. The molecular weight excluding hydrogens is 989 g/mol. The first kappa shape index (κ1) is 54.3. The number of benzene rings is 2. The predicted octanol–water partition coefficient (Wildman–Crippen LogP) is 12.5. The molecule has 2 aliphatic heterocycles. The topological polar surface area (TPSA) is 168 Å². The summed E-state index contributed by atoms with van der Waals surface area (Å²) in [7, 11) is 0. The Balaban J connectivity index is 0.000000186. The average molecular weight is 1060 g/mol. The predicted molar refractivity (Wildman–Crippen MR) is 305 cm³/mol. The number of rotatable bonds is 8. The second kappa shape index (κ2) is 21.1. The van der Waals surface area contributed by atoms with Crippen LogP contribution in [0.4, 0.5) is 0 Å². The lowest BCUT2D eigenvalue weighted by molar-refractivity contribution is -0.133. The van der Waals surface area contributed by atoms with Crippen LogP contribution in [0.15, 0.2) is 86.2 Å². The van der Waals surface area contributed by atoms with Crippen LogP contribution >= 0.6 is 22.7 Å². The van der Waals surface area contributed by atoms with Gasteiger partial charge >= 0.3 is 0 Å². The Hall–Kier alpha value is -6.52. The van der Waals surface area contributed by atoms with E-state index >= 15 is 0 Å². The number of phenols is 2. The first-order valence-electron chi connectivity index (χ1n) is 26.6. The lowest BCUT2D eigenvalue weighted by Crippen LogP contribution is -2.39. The fraction of sp³-hybridized carbons (Fsp3) is 0.467. The van der Waals surface area contributed by atoms with E-state index in [1.54, 1.807) is 60.1 Å². The Morgan fingerprint density at radius 3 is 1.32 bits per heavy atom. The maximum Gasteiger partial charge on any atom is 0.242 e. The molecule has 0 atom stereocenters. The Kier molecular flexibility index (Phi) is 15.1. The summed E-state index contributed by atoms with van der Waals surface area (Å²) in [5.74, 6) is 1.81. The van der Waals surface area contributed by atoms with Crippen molar-refractivity contribution >= 4 is 56.6 Å². The molecule has 2 N–H and O–H groups in total. The highest BCUT2D eigenvalue weighted by Gasteiger charge is 2.32. The smallest absolute Gasteiger partial charge is 0.242 e. The molecule has 14 nitrogen and oxygen atoms in total. The minimum atomic E-state index is -0.181. The standard InChI is InChI=1S/2C30H37N5O2S/c1-29(2,3)21-13-20(14-22(27(21)37)30(4,5)6)28-32-16-25(38-28)19-8-11-34(12-9-19)26(36)17-35-18-33-23-15-31-10-7-24(23)35;1-29(2,3)21-13-20(14-22(27(21)37)30(4,5)6)28-32-16-25(38-28)19-8-11-34(12-9-19)26(36)17-35-18-33-23-7-10-31-15-24(23)35/h2*7,10,13-16,18-19,37H,8-9,11-12,17H2,1-6H3. The number of nitrogens with zero attached hydrogens (tertiary/aromatic N) is 10. The molecule has 0 aliphatic carbocycles. The van der Waals surface area contributed by atoms with Crippen LogP contribution in [0.2, 0.25) is 0 Å². The van der Waals surface area contributed by atoms with E-state index in [0.717, 1.165) is 117 Å². The highest BCUT2D eigenvalue weighted by molar-refractivity contribution is 7.15. The molecule has 0 saturated carbocycles. The van der Waals surface area contributed by atoms with E-state index in [1.807, 2.05) is 43.5 Å². The van der Waals surface area contributed by atoms with Crippen LogP contribution in [0.5, 0.6) is 11.5 Å². The molecule has 2 aromatic carbocycles. The van der Waals surface area contributed by atoms with Crippen LogP contribution in [0.1, 0.15) is 153 Å². The van der Waals surface area contributed by atoms with Crippen LogP contribution in [0.25, 0.3) is 43.2 Å². The quantitative estimate of drug-likeness (QED) is 0.149. The summed E-state index contributed by atoms with van der Waals surface area (Å²) in [5.41, 5.74) is 8.66. The van der Waals surface area contributed by atoms with Crippen LogP contribution in [-0.2, 0) is 44.3 Å². The van der Waals surface area contributed by atoms with Gasteiger partial charge in [0.15, 0.2) is 0 Å². The summed E-state index contributed by atoms with van der Waals surface area (Å²) in [6, 6.07) is 12.2. The van der Waals surface area contributed by atoms with Gasteiger partial charge in [-0.3, -0.25) is 19.6 Å². The third-order valence-electron chi connectivity index (χ3n) is 15.0. The van der Waals surface area contributed by atoms with E-state index in [4.69, 9.17) is 9.97 Å². The number of aromatic nitrogens is 8. The second-order valence-corrected chi connectivity index (χ2v) is 26.9. The first-order chi connectivity index (χ1) is 35.8. The molecule has 10 rings (SSSR count). The van der Waals surface area contributed by atoms with Crippen molar-refractivity contribution < 1.29 is 19.8 Å². The normalized spacial score (nSPS) is 15.4. The van der Waals surface area contributed by atoms with Gasteiger partial charge in [0.25, 0.3) is 0 Å². The summed E-state index contributed by atoms with van der Waals surface area (Å²) in [6.45, 7) is 29.1. The first-order valence-corrected chi connectivity index (χ1v) is 28.2. The number of imidazole rings is 2. The maximum atomic E-state index is 13.0. The van der Waals surface area contributed by atoms with Crippen LogP contribution in [-0.4, -0.2) is 97.0 Å². The second-order valence-electron chi connectivity index (χ2n) is 24.8. The Morgan fingerprint density at radius 2 is 0.895 bits per heavy atom. The van der Waals surface area contributed by atoms with Gasteiger partial charge in [-0.05, 0) is 95.6 Å². The van der Waals surface area contributed by atoms with Gasteiger partial charge in [-0.2, -0.15) is 0 Å². The molecule has 400 valence electrons. The van der Waals surface area contributed by atoms with E-state index < -0.39 is 0 Å². The minimum Gasteiger partial charge on any atom is -0.507 e. The SMILES string of the molecule is CC(C)(C)c1cc(-c2ncc(C3CCN(C(=O)Cn4cnc5ccncc54)CC3)s2)cc(C(C)(C)C)c1O.CC(C)(C)c1cc(-c2ncc(C3CCN(C(=O)Cn4cnc5cnccc54)CC3)s2)cc(C(C)(C)C)c1O. The zero-order chi connectivity index (χ0) is 54.5. The molecule has 2 fully saturated rings. The van der Waals surface area contributed by atoms with Crippen LogP contribution < -0.4 is 0 Å². The summed E-state index contributed by atoms with van der Waals surface area (Å²) in [4.78, 5) is 59.1. The number of piperidine rings is 2. The molecule has 2 saturated heterocycles. The van der Waals surface area contributed by atoms with E-state index in [-0.39, 0.29) is 40.0 Å². The fourth-order valence-corrected chi connectivity index (χ4v) is 12.6. The zero-order valence-corrected chi connectivity index (χ0v) is 47.9. The number of hydrogen-bond donors (Lipinski definition) is 2. The van der Waals surface area contributed by atoms with Crippen molar-refractivity contribution in [3.8, 4) is 32.6 Å². The Bertz CT molecular complexity index is 3090. The van der Waals surface area contributed by atoms with Gasteiger partial charge in [-0.15, -0.1) is 22.7 Å². The van der Waals surface area contributed by atoms with E-state index in [1.165, 1.54) is 9.75 Å². The van der Waals surface area contributed by atoms with E-state index in [2.05, 4.69) is 127 Å². The molecule has 0 unspecified atom stereocenters. The van der Waals surface area contributed by atoms with Crippen molar-refractivity contribution in [2.45, 2.75) is 155 Å². The van der Waals surface area contributed by atoms with Gasteiger partial charge in [0.1, 0.15) is 40.1 Å². The number of hydrogen-bond acceptors (Lipinski definition) is 12. The van der Waals surface area contributed by atoms with Crippen molar-refractivity contribution in [3.63, 3.8) is 0 Å². The number of fused-ring (bicyclic) bond motifs is 2.